The molecule has 3 aromatic rings. The monoisotopic (exact) mass is 473 g/mol. The first-order valence-electron chi connectivity index (χ1n) is 12.7. The number of amides is 1. The van der Waals surface area contributed by atoms with Crippen molar-refractivity contribution in [1.82, 2.24) is 9.88 Å². The largest absolute Gasteiger partial charge is 0.493 e. The van der Waals surface area contributed by atoms with E-state index in [0.29, 0.717) is 19.0 Å². The number of aromatic nitrogens is 1. The lowest BCUT2D eigenvalue weighted by Crippen LogP contribution is -2.39. The average molecular weight is 474 g/mol. The van der Waals surface area contributed by atoms with Crippen LogP contribution in [-0.4, -0.2) is 47.8 Å². The zero-order valence-corrected chi connectivity index (χ0v) is 21.0. The molecule has 1 fully saturated rings. The van der Waals surface area contributed by atoms with Gasteiger partial charge in [-0.2, -0.15) is 0 Å². The number of fused-ring (bicyclic) bond motifs is 2. The molecule has 1 saturated heterocycles. The van der Waals surface area contributed by atoms with E-state index in [4.69, 9.17) is 9.47 Å². The maximum atomic E-state index is 12.5. The summed E-state index contributed by atoms with van der Waals surface area (Å²) < 4.78 is 11.8. The normalized spacial score (nSPS) is 16.8. The van der Waals surface area contributed by atoms with Crippen molar-refractivity contribution in [2.75, 3.05) is 31.1 Å². The minimum atomic E-state index is -0.484. The fourth-order valence-corrected chi connectivity index (χ4v) is 5.02. The first kappa shape index (κ1) is 23.5. The van der Waals surface area contributed by atoms with Crippen LogP contribution in [-0.2, 0) is 17.7 Å². The van der Waals surface area contributed by atoms with E-state index in [1.54, 1.807) is 4.90 Å². The molecule has 0 aliphatic carbocycles. The summed E-state index contributed by atoms with van der Waals surface area (Å²) in [7, 11) is 0. The number of piperidine rings is 1. The van der Waals surface area contributed by atoms with Gasteiger partial charge in [-0.15, -0.1) is 0 Å². The van der Waals surface area contributed by atoms with Crippen molar-refractivity contribution in [3.05, 3.63) is 65.9 Å². The summed E-state index contributed by atoms with van der Waals surface area (Å²) in [6, 6.07) is 16.8. The van der Waals surface area contributed by atoms with Crippen molar-refractivity contribution in [1.29, 1.82) is 0 Å². The van der Waals surface area contributed by atoms with Crippen molar-refractivity contribution in [3.63, 3.8) is 0 Å². The maximum Gasteiger partial charge on any atom is 0.410 e. The standard InChI is InChI=1S/C29H35N3O3/c1-29(2,3)35-28(33)32-17-13-22-8-9-24(18-23(22)19-32)34-20-21-11-15-31(16-12-21)27-10-14-30-26-7-5-4-6-25(26)27/h4-10,14,18,21H,11-13,15-17,19-20H2,1-3H3. The molecule has 5 rings (SSSR count). The van der Waals surface area contributed by atoms with Gasteiger partial charge in [0.05, 0.1) is 12.1 Å². The topological polar surface area (TPSA) is 54.9 Å². The number of carbonyl (C=O) groups excluding carboxylic acids is 1. The number of rotatable bonds is 4. The van der Waals surface area contributed by atoms with Gasteiger partial charge in [0.25, 0.3) is 0 Å². The third-order valence-corrected chi connectivity index (χ3v) is 6.91. The fraction of sp³-hybridized carbons (Fsp3) is 0.448. The molecule has 0 saturated carbocycles. The van der Waals surface area contributed by atoms with Crippen molar-refractivity contribution < 1.29 is 14.3 Å². The van der Waals surface area contributed by atoms with E-state index in [1.165, 1.54) is 16.6 Å². The number of hydrogen-bond donors (Lipinski definition) is 0. The average Bonchev–Trinajstić information content (AvgIpc) is 2.86. The second kappa shape index (κ2) is 9.76. The van der Waals surface area contributed by atoms with Crippen LogP contribution in [0.25, 0.3) is 10.9 Å². The molecule has 35 heavy (non-hydrogen) atoms. The number of hydrogen-bond acceptors (Lipinski definition) is 5. The molecule has 2 aliphatic heterocycles. The first-order chi connectivity index (χ1) is 16.9. The number of anilines is 1. The van der Waals surface area contributed by atoms with E-state index in [9.17, 15) is 4.79 Å². The van der Waals surface area contributed by atoms with E-state index < -0.39 is 5.60 Å². The van der Waals surface area contributed by atoms with Crippen LogP contribution in [0.15, 0.2) is 54.7 Å². The molecule has 0 unspecified atom stereocenters. The van der Waals surface area contributed by atoms with Crippen molar-refractivity contribution in [2.45, 2.75) is 52.2 Å². The Bertz CT molecular complexity index is 1190. The molecule has 0 atom stereocenters. The summed E-state index contributed by atoms with van der Waals surface area (Å²) in [5.41, 5.74) is 4.28. The third kappa shape index (κ3) is 5.53. The van der Waals surface area contributed by atoms with Crippen LogP contribution in [0.1, 0.15) is 44.7 Å². The number of para-hydroxylation sites is 1. The second-order valence-electron chi connectivity index (χ2n) is 10.7. The van der Waals surface area contributed by atoms with Gasteiger partial charge in [0.1, 0.15) is 11.4 Å². The fourth-order valence-electron chi connectivity index (χ4n) is 5.02. The van der Waals surface area contributed by atoms with Crippen LogP contribution in [0.5, 0.6) is 5.75 Å². The zero-order chi connectivity index (χ0) is 24.4. The highest BCUT2D eigenvalue weighted by molar-refractivity contribution is 5.91. The molecule has 0 radical (unpaired) electrons. The molecule has 3 heterocycles. The highest BCUT2D eigenvalue weighted by Crippen LogP contribution is 2.30. The Morgan fingerprint density at radius 3 is 2.63 bits per heavy atom. The van der Waals surface area contributed by atoms with Gasteiger partial charge in [-0.05, 0) is 81.3 Å². The third-order valence-electron chi connectivity index (χ3n) is 6.91. The summed E-state index contributed by atoms with van der Waals surface area (Å²) in [4.78, 5) is 21.3. The Labute approximate surface area is 207 Å². The molecule has 0 N–H and O–H groups in total. The molecule has 0 spiro atoms. The van der Waals surface area contributed by atoms with Gasteiger partial charge in [-0.3, -0.25) is 4.98 Å². The Balaban J connectivity index is 1.16. The van der Waals surface area contributed by atoms with Gasteiger partial charge < -0.3 is 19.3 Å². The molecule has 184 valence electrons. The Kier molecular flexibility index (Phi) is 6.54. The lowest BCUT2D eigenvalue weighted by Gasteiger charge is -2.34. The van der Waals surface area contributed by atoms with Crippen molar-refractivity contribution >= 4 is 22.7 Å². The van der Waals surface area contributed by atoms with E-state index in [0.717, 1.165) is 55.8 Å². The molecule has 1 amide bonds. The molecule has 2 aliphatic rings. The summed E-state index contributed by atoms with van der Waals surface area (Å²) in [6.45, 7) is 9.73. The number of carbonyl (C=O) groups is 1. The van der Waals surface area contributed by atoms with E-state index in [1.807, 2.05) is 33.0 Å². The number of pyridine rings is 1. The quantitative estimate of drug-likeness (QED) is 0.478. The molecular weight excluding hydrogens is 438 g/mol. The summed E-state index contributed by atoms with van der Waals surface area (Å²) in [6.07, 6.45) is 4.72. The van der Waals surface area contributed by atoms with Gasteiger partial charge in [0, 0.05) is 43.4 Å². The predicted octanol–water partition coefficient (Wildman–Crippen LogP) is 5.82. The second-order valence-corrected chi connectivity index (χ2v) is 10.7. The Morgan fingerprint density at radius 1 is 1.03 bits per heavy atom. The van der Waals surface area contributed by atoms with Crippen LogP contribution in [0.4, 0.5) is 10.5 Å². The molecule has 0 bridgehead atoms. The minimum absolute atomic E-state index is 0.247. The molecular formula is C29H35N3O3. The SMILES string of the molecule is CC(C)(C)OC(=O)N1CCc2ccc(OCC3CCN(c4ccnc5ccccc45)CC3)cc2C1. The van der Waals surface area contributed by atoms with Crippen molar-refractivity contribution in [2.24, 2.45) is 5.92 Å². The van der Waals surface area contributed by atoms with E-state index in [2.05, 4.69) is 52.3 Å². The van der Waals surface area contributed by atoms with E-state index in [-0.39, 0.29) is 6.09 Å². The number of benzene rings is 2. The maximum absolute atomic E-state index is 12.5. The predicted molar refractivity (Wildman–Crippen MR) is 139 cm³/mol. The molecule has 6 nitrogen and oxygen atoms in total. The molecule has 1 aromatic heterocycles. The smallest absolute Gasteiger partial charge is 0.410 e. The van der Waals surface area contributed by atoms with Gasteiger partial charge in [-0.1, -0.05) is 24.3 Å². The Hall–Kier alpha value is -3.28. The van der Waals surface area contributed by atoms with Gasteiger partial charge in [-0.25, -0.2) is 4.79 Å². The van der Waals surface area contributed by atoms with Crippen LogP contribution in [0.3, 0.4) is 0 Å². The summed E-state index contributed by atoms with van der Waals surface area (Å²) in [5, 5.41) is 1.22. The van der Waals surface area contributed by atoms with Crippen LogP contribution in [0.2, 0.25) is 0 Å². The van der Waals surface area contributed by atoms with Crippen LogP contribution >= 0.6 is 0 Å². The number of nitrogens with zero attached hydrogens (tertiary/aromatic N) is 3. The van der Waals surface area contributed by atoms with Crippen LogP contribution < -0.4 is 9.64 Å². The van der Waals surface area contributed by atoms with Crippen molar-refractivity contribution in [3.8, 4) is 5.75 Å². The summed E-state index contributed by atoms with van der Waals surface area (Å²) in [5.74, 6) is 1.42. The minimum Gasteiger partial charge on any atom is -0.493 e. The Morgan fingerprint density at radius 2 is 1.83 bits per heavy atom. The highest BCUT2D eigenvalue weighted by Gasteiger charge is 2.26. The highest BCUT2D eigenvalue weighted by atomic mass is 16.6. The molecule has 6 heteroatoms. The zero-order valence-electron chi connectivity index (χ0n) is 21.0. The van der Waals surface area contributed by atoms with Gasteiger partial charge in [0.15, 0.2) is 0 Å². The van der Waals surface area contributed by atoms with E-state index >= 15 is 0 Å². The summed E-state index contributed by atoms with van der Waals surface area (Å²) >= 11 is 0. The first-order valence-corrected chi connectivity index (χ1v) is 12.7. The van der Waals surface area contributed by atoms with Gasteiger partial charge >= 0.3 is 6.09 Å². The van der Waals surface area contributed by atoms with Crippen LogP contribution in [0, 0.1) is 5.92 Å². The van der Waals surface area contributed by atoms with Gasteiger partial charge in [0.2, 0.25) is 0 Å². The lowest BCUT2D eigenvalue weighted by molar-refractivity contribution is 0.0223. The number of ether oxygens (including phenoxy) is 2. The molecule has 2 aromatic carbocycles. The lowest BCUT2D eigenvalue weighted by atomic mass is 9.96.